The molecule has 1 aromatic rings. The molecular weight excluding hydrogens is 236 g/mol. The van der Waals surface area contributed by atoms with Crippen LogP contribution in [0.2, 0.25) is 0 Å². The number of anilines is 1. The number of carbonyl (C=O) groups is 1. The molecule has 3 heteroatoms. The average Bonchev–Trinajstić information content (AvgIpc) is 2.92. The predicted octanol–water partition coefficient (Wildman–Crippen LogP) is 3.02. The minimum absolute atomic E-state index is 0.0323. The second-order valence-electron chi connectivity index (χ2n) is 5.51. The summed E-state index contributed by atoms with van der Waals surface area (Å²) in [7, 11) is 0. The molecule has 1 fully saturated rings. The van der Waals surface area contributed by atoms with Gasteiger partial charge in [0.05, 0.1) is 0 Å². The van der Waals surface area contributed by atoms with Crippen LogP contribution in [-0.4, -0.2) is 23.9 Å². The molecule has 0 saturated carbocycles. The quantitative estimate of drug-likeness (QED) is 0.846. The molecule has 0 aliphatic carbocycles. The molecule has 104 valence electrons. The molecule has 1 saturated heterocycles. The molecule has 2 N–H and O–H groups in total. The summed E-state index contributed by atoms with van der Waals surface area (Å²) in [6.45, 7) is 6.05. The van der Waals surface area contributed by atoms with E-state index in [1.807, 2.05) is 23.1 Å². The van der Waals surface area contributed by atoms with Crippen LogP contribution in [0.5, 0.6) is 0 Å². The molecule has 2 rings (SSSR count). The molecule has 2 atom stereocenters. The Labute approximate surface area is 115 Å². The van der Waals surface area contributed by atoms with E-state index in [0.29, 0.717) is 5.91 Å². The lowest BCUT2D eigenvalue weighted by molar-refractivity contribution is -0.134. The molecular formula is C16H24N2O. The van der Waals surface area contributed by atoms with E-state index in [4.69, 9.17) is 5.73 Å². The largest absolute Gasteiger partial charge is 0.399 e. The predicted molar refractivity (Wildman–Crippen MR) is 78.9 cm³/mol. The van der Waals surface area contributed by atoms with E-state index in [1.54, 1.807) is 0 Å². The van der Waals surface area contributed by atoms with Crippen LogP contribution >= 0.6 is 0 Å². The van der Waals surface area contributed by atoms with Crippen LogP contribution in [0, 0.1) is 5.92 Å². The highest BCUT2D eigenvalue weighted by Gasteiger charge is 2.29. The van der Waals surface area contributed by atoms with E-state index in [2.05, 4.69) is 19.9 Å². The first-order valence-electron chi connectivity index (χ1n) is 7.27. The van der Waals surface area contributed by atoms with Gasteiger partial charge in [-0.15, -0.1) is 0 Å². The van der Waals surface area contributed by atoms with Gasteiger partial charge in [-0.05, 0) is 42.9 Å². The fraction of sp³-hybridized carbons (Fsp3) is 0.562. The first-order valence-corrected chi connectivity index (χ1v) is 7.27. The average molecular weight is 260 g/mol. The molecule has 1 aliphatic heterocycles. The Morgan fingerprint density at radius 1 is 1.37 bits per heavy atom. The third-order valence-corrected chi connectivity index (χ3v) is 4.19. The zero-order chi connectivity index (χ0) is 13.8. The Kier molecular flexibility index (Phi) is 4.46. The second kappa shape index (κ2) is 6.09. The molecule has 1 heterocycles. The van der Waals surface area contributed by atoms with Gasteiger partial charge in [0.25, 0.3) is 0 Å². The smallest absolute Gasteiger partial charge is 0.226 e. The molecule has 3 nitrogen and oxygen atoms in total. The van der Waals surface area contributed by atoms with Crippen LogP contribution in [0.15, 0.2) is 24.3 Å². The summed E-state index contributed by atoms with van der Waals surface area (Å²) < 4.78 is 0. The highest BCUT2D eigenvalue weighted by molar-refractivity contribution is 5.79. The van der Waals surface area contributed by atoms with Crippen molar-refractivity contribution in [3.63, 3.8) is 0 Å². The standard InChI is InChI=1S/C16H24N2O/c1-3-15(13-7-6-8-14(17)11-13)12(2)16(19)18-9-4-5-10-18/h6-8,11-12,15H,3-5,9-10,17H2,1-2H3. The Bertz CT molecular complexity index is 438. The summed E-state index contributed by atoms with van der Waals surface area (Å²) in [5, 5.41) is 0. The van der Waals surface area contributed by atoms with Crippen LogP contribution in [0.25, 0.3) is 0 Å². The summed E-state index contributed by atoms with van der Waals surface area (Å²) >= 11 is 0. The lowest BCUT2D eigenvalue weighted by Crippen LogP contribution is -2.35. The van der Waals surface area contributed by atoms with E-state index in [-0.39, 0.29) is 11.8 Å². The first-order chi connectivity index (χ1) is 9.13. The Morgan fingerprint density at radius 2 is 2.05 bits per heavy atom. The van der Waals surface area contributed by atoms with Crippen LogP contribution < -0.4 is 5.73 Å². The maximum Gasteiger partial charge on any atom is 0.226 e. The number of amides is 1. The number of hydrogen-bond donors (Lipinski definition) is 1. The van der Waals surface area contributed by atoms with Crippen molar-refractivity contribution < 1.29 is 4.79 Å². The van der Waals surface area contributed by atoms with Gasteiger partial charge >= 0.3 is 0 Å². The number of nitrogens with two attached hydrogens (primary N) is 1. The molecule has 19 heavy (non-hydrogen) atoms. The van der Waals surface area contributed by atoms with Crippen LogP contribution in [0.4, 0.5) is 5.69 Å². The fourth-order valence-electron chi connectivity index (χ4n) is 3.07. The maximum absolute atomic E-state index is 12.5. The van der Waals surface area contributed by atoms with Gasteiger partial charge in [-0.3, -0.25) is 4.79 Å². The number of nitrogens with zero attached hydrogens (tertiary/aromatic N) is 1. The van der Waals surface area contributed by atoms with Gasteiger partial charge in [0, 0.05) is 24.7 Å². The SMILES string of the molecule is CCC(c1cccc(N)c1)C(C)C(=O)N1CCCC1. The number of benzene rings is 1. The van der Waals surface area contributed by atoms with Gasteiger partial charge in [-0.2, -0.15) is 0 Å². The van der Waals surface area contributed by atoms with E-state index >= 15 is 0 Å². The third-order valence-electron chi connectivity index (χ3n) is 4.19. The van der Waals surface area contributed by atoms with E-state index in [0.717, 1.165) is 38.0 Å². The van der Waals surface area contributed by atoms with Crippen LogP contribution in [0.3, 0.4) is 0 Å². The minimum Gasteiger partial charge on any atom is -0.399 e. The molecule has 1 aromatic carbocycles. The van der Waals surface area contributed by atoms with Crippen molar-refractivity contribution >= 4 is 11.6 Å². The second-order valence-corrected chi connectivity index (χ2v) is 5.51. The monoisotopic (exact) mass is 260 g/mol. The number of hydrogen-bond acceptors (Lipinski definition) is 2. The summed E-state index contributed by atoms with van der Waals surface area (Å²) in [6, 6.07) is 7.95. The molecule has 1 amide bonds. The topological polar surface area (TPSA) is 46.3 Å². The Morgan fingerprint density at radius 3 is 2.63 bits per heavy atom. The lowest BCUT2D eigenvalue weighted by Gasteiger charge is -2.27. The van der Waals surface area contributed by atoms with Crippen molar-refractivity contribution in [1.29, 1.82) is 0 Å². The molecule has 2 unspecified atom stereocenters. The molecule has 0 radical (unpaired) electrons. The van der Waals surface area contributed by atoms with Gasteiger partial charge < -0.3 is 10.6 Å². The minimum atomic E-state index is 0.0323. The van der Waals surface area contributed by atoms with Gasteiger partial charge in [-0.25, -0.2) is 0 Å². The van der Waals surface area contributed by atoms with Crippen LogP contribution in [-0.2, 0) is 4.79 Å². The lowest BCUT2D eigenvalue weighted by atomic mass is 9.84. The first kappa shape index (κ1) is 13.9. The zero-order valence-corrected chi connectivity index (χ0v) is 11.9. The normalized spacial score (nSPS) is 18.3. The van der Waals surface area contributed by atoms with Gasteiger partial charge in [-0.1, -0.05) is 26.0 Å². The van der Waals surface area contributed by atoms with E-state index in [1.165, 1.54) is 5.56 Å². The van der Waals surface area contributed by atoms with Crippen molar-refractivity contribution in [2.24, 2.45) is 5.92 Å². The number of rotatable bonds is 4. The van der Waals surface area contributed by atoms with E-state index < -0.39 is 0 Å². The van der Waals surface area contributed by atoms with E-state index in [9.17, 15) is 4.79 Å². The van der Waals surface area contributed by atoms with Gasteiger partial charge in [0.2, 0.25) is 5.91 Å². The summed E-state index contributed by atoms with van der Waals surface area (Å²) in [6.07, 6.45) is 3.26. The van der Waals surface area contributed by atoms with Crippen molar-refractivity contribution in [3.8, 4) is 0 Å². The fourth-order valence-corrected chi connectivity index (χ4v) is 3.07. The number of carbonyl (C=O) groups excluding carboxylic acids is 1. The Hall–Kier alpha value is -1.51. The van der Waals surface area contributed by atoms with Gasteiger partial charge in [0.15, 0.2) is 0 Å². The number of nitrogen functional groups attached to an aromatic ring is 1. The van der Waals surface area contributed by atoms with Crippen molar-refractivity contribution in [2.75, 3.05) is 18.8 Å². The molecule has 1 aliphatic rings. The highest BCUT2D eigenvalue weighted by Crippen LogP contribution is 2.31. The zero-order valence-electron chi connectivity index (χ0n) is 11.9. The Balaban J connectivity index is 2.14. The summed E-state index contributed by atoms with van der Waals surface area (Å²) in [4.78, 5) is 14.5. The highest BCUT2D eigenvalue weighted by atomic mass is 16.2. The van der Waals surface area contributed by atoms with Crippen molar-refractivity contribution in [2.45, 2.75) is 39.0 Å². The molecule has 0 bridgehead atoms. The van der Waals surface area contributed by atoms with Crippen LogP contribution in [0.1, 0.15) is 44.6 Å². The maximum atomic E-state index is 12.5. The molecule has 0 aromatic heterocycles. The van der Waals surface area contributed by atoms with Crippen molar-refractivity contribution in [3.05, 3.63) is 29.8 Å². The summed E-state index contributed by atoms with van der Waals surface area (Å²) in [5.74, 6) is 0.591. The third kappa shape index (κ3) is 3.09. The van der Waals surface area contributed by atoms with Crippen molar-refractivity contribution in [1.82, 2.24) is 4.90 Å². The number of likely N-dealkylation sites (tertiary alicyclic amines) is 1. The molecule has 0 spiro atoms. The summed E-state index contributed by atoms with van der Waals surface area (Å²) in [5.41, 5.74) is 7.81. The van der Waals surface area contributed by atoms with Gasteiger partial charge in [0.1, 0.15) is 0 Å².